The van der Waals surface area contributed by atoms with Crippen LogP contribution >= 0.6 is 0 Å². The van der Waals surface area contributed by atoms with Gasteiger partial charge in [0.25, 0.3) is 5.91 Å². The molecule has 2 aromatic rings. The number of nitrogens with zero attached hydrogens (tertiary/aromatic N) is 1. The Bertz CT molecular complexity index is 673. The minimum atomic E-state index is -0.860. The Hall–Kier alpha value is -2.11. The lowest BCUT2D eigenvalue weighted by atomic mass is 9.94. The number of hydrogen-bond donors (Lipinski definition) is 2. The van der Waals surface area contributed by atoms with Crippen LogP contribution in [0.1, 0.15) is 23.3 Å². The molecule has 0 radical (unpaired) electrons. The van der Waals surface area contributed by atoms with Crippen molar-refractivity contribution in [2.24, 2.45) is 7.05 Å². The Kier molecular flexibility index (Phi) is 4.50. The SMILES string of the molecule is Cn1c(C(=O)NCC2(O)CCOCC2)ccc1-c1ccccc1. The number of amides is 1. The van der Waals surface area contributed by atoms with Crippen molar-refractivity contribution in [3.8, 4) is 11.3 Å². The summed E-state index contributed by atoms with van der Waals surface area (Å²) in [6.45, 7) is 1.32. The first-order valence-corrected chi connectivity index (χ1v) is 7.89. The van der Waals surface area contributed by atoms with Crippen molar-refractivity contribution < 1.29 is 14.6 Å². The summed E-state index contributed by atoms with van der Waals surface area (Å²) in [5, 5.41) is 13.3. The summed E-state index contributed by atoms with van der Waals surface area (Å²) in [6.07, 6.45) is 1.10. The molecule has 1 aliphatic heterocycles. The molecule has 2 heterocycles. The highest BCUT2D eigenvalue weighted by atomic mass is 16.5. The van der Waals surface area contributed by atoms with Gasteiger partial charge in [0, 0.05) is 45.3 Å². The second kappa shape index (κ2) is 6.56. The number of aromatic nitrogens is 1. The van der Waals surface area contributed by atoms with Crippen molar-refractivity contribution in [3.05, 3.63) is 48.2 Å². The van der Waals surface area contributed by atoms with E-state index >= 15 is 0 Å². The van der Waals surface area contributed by atoms with Crippen LogP contribution in [0.4, 0.5) is 0 Å². The number of carbonyl (C=O) groups excluding carboxylic acids is 1. The van der Waals surface area contributed by atoms with Crippen LogP contribution in [-0.2, 0) is 11.8 Å². The van der Waals surface area contributed by atoms with Gasteiger partial charge in [0.15, 0.2) is 0 Å². The summed E-state index contributed by atoms with van der Waals surface area (Å²) in [6, 6.07) is 13.7. The second-order valence-corrected chi connectivity index (χ2v) is 6.05. The molecule has 1 aromatic heterocycles. The maximum atomic E-state index is 12.4. The average molecular weight is 314 g/mol. The molecule has 5 nitrogen and oxygen atoms in total. The molecule has 0 aliphatic carbocycles. The van der Waals surface area contributed by atoms with E-state index in [1.165, 1.54) is 0 Å². The molecule has 122 valence electrons. The Balaban J connectivity index is 1.70. The largest absolute Gasteiger partial charge is 0.388 e. The Morgan fingerprint density at radius 1 is 1.22 bits per heavy atom. The van der Waals surface area contributed by atoms with Crippen LogP contribution in [0.15, 0.2) is 42.5 Å². The first-order chi connectivity index (χ1) is 11.1. The zero-order valence-electron chi connectivity index (χ0n) is 13.3. The zero-order valence-corrected chi connectivity index (χ0v) is 13.3. The zero-order chi connectivity index (χ0) is 16.3. The van der Waals surface area contributed by atoms with E-state index in [2.05, 4.69) is 5.32 Å². The van der Waals surface area contributed by atoms with E-state index in [-0.39, 0.29) is 12.5 Å². The third-order valence-corrected chi connectivity index (χ3v) is 4.43. The second-order valence-electron chi connectivity index (χ2n) is 6.05. The monoisotopic (exact) mass is 314 g/mol. The Morgan fingerprint density at radius 2 is 1.91 bits per heavy atom. The number of carbonyl (C=O) groups is 1. The molecular weight excluding hydrogens is 292 g/mol. The molecule has 0 unspecified atom stereocenters. The molecule has 23 heavy (non-hydrogen) atoms. The summed E-state index contributed by atoms with van der Waals surface area (Å²) in [5.41, 5.74) is 1.78. The fraction of sp³-hybridized carbons (Fsp3) is 0.389. The van der Waals surface area contributed by atoms with Gasteiger partial charge in [-0.1, -0.05) is 30.3 Å². The Labute approximate surface area is 135 Å². The van der Waals surface area contributed by atoms with Crippen molar-refractivity contribution in [3.63, 3.8) is 0 Å². The number of ether oxygens (including phenoxy) is 1. The summed E-state index contributed by atoms with van der Waals surface area (Å²) in [5.74, 6) is -0.172. The van der Waals surface area contributed by atoms with E-state index in [1.54, 1.807) is 0 Å². The van der Waals surface area contributed by atoms with Crippen LogP contribution in [0.3, 0.4) is 0 Å². The highest BCUT2D eigenvalue weighted by Crippen LogP contribution is 2.22. The number of hydrogen-bond acceptors (Lipinski definition) is 3. The van der Waals surface area contributed by atoms with Gasteiger partial charge in [-0.3, -0.25) is 4.79 Å². The molecular formula is C18H22N2O3. The average Bonchev–Trinajstić information content (AvgIpc) is 2.96. The first kappa shape index (κ1) is 15.8. The van der Waals surface area contributed by atoms with E-state index in [4.69, 9.17) is 4.74 Å². The lowest BCUT2D eigenvalue weighted by Crippen LogP contribution is -2.46. The van der Waals surface area contributed by atoms with Crippen LogP contribution in [-0.4, -0.2) is 40.9 Å². The van der Waals surface area contributed by atoms with Crippen LogP contribution in [0.2, 0.25) is 0 Å². The van der Waals surface area contributed by atoms with Crippen LogP contribution < -0.4 is 5.32 Å². The third-order valence-electron chi connectivity index (χ3n) is 4.43. The van der Waals surface area contributed by atoms with Crippen LogP contribution in [0, 0.1) is 0 Å². The van der Waals surface area contributed by atoms with Gasteiger partial charge in [0.05, 0.1) is 5.60 Å². The summed E-state index contributed by atoms with van der Waals surface area (Å²) in [4.78, 5) is 12.4. The number of nitrogens with one attached hydrogen (secondary N) is 1. The predicted molar refractivity (Wildman–Crippen MR) is 88.2 cm³/mol. The summed E-state index contributed by atoms with van der Waals surface area (Å²) in [7, 11) is 1.88. The lowest BCUT2D eigenvalue weighted by molar-refractivity contribution is -0.0605. The lowest BCUT2D eigenvalue weighted by Gasteiger charge is -2.32. The maximum absolute atomic E-state index is 12.4. The van der Waals surface area contributed by atoms with Gasteiger partial charge in [-0.15, -0.1) is 0 Å². The normalized spacial score (nSPS) is 17.0. The molecule has 1 aliphatic rings. The molecule has 3 rings (SSSR count). The molecule has 1 amide bonds. The van der Waals surface area contributed by atoms with Gasteiger partial charge in [-0.2, -0.15) is 0 Å². The summed E-state index contributed by atoms with van der Waals surface area (Å²) >= 11 is 0. The molecule has 0 saturated carbocycles. The minimum Gasteiger partial charge on any atom is -0.388 e. The van der Waals surface area contributed by atoms with Gasteiger partial charge in [0.2, 0.25) is 0 Å². The maximum Gasteiger partial charge on any atom is 0.268 e. The van der Waals surface area contributed by atoms with Crippen molar-refractivity contribution >= 4 is 5.91 Å². The van der Waals surface area contributed by atoms with Crippen molar-refractivity contribution in [1.82, 2.24) is 9.88 Å². The number of rotatable bonds is 4. The minimum absolute atomic E-state index is 0.172. The van der Waals surface area contributed by atoms with Crippen molar-refractivity contribution in [2.75, 3.05) is 19.8 Å². The number of aliphatic hydroxyl groups is 1. The van der Waals surface area contributed by atoms with Crippen molar-refractivity contribution in [1.29, 1.82) is 0 Å². The molecule has 0 spiro atoms. The smallest absolute Gasteiger partial charge is 0.268 e. The van der Waals surface area contributed by atoms with Gasteiger partial charge < -0.3 is 19.7 Å². The fourth-order valence-corrected chi connectivity index (χ4v) is 2.90. The highest BCUT2D eigenvalue weighted by molar-refractivity contribution is 5.93. The number of benzene rings is 1. The van der Waals surface area contributed by atoms with Crippen molar-refractivity contribution in [2.45, 2.75) is 18.4 Å². The highest BCUT2D eigenvalue weighted by Gasteiger charge is 2.30. The fourth-order valence-electron chi connectivity index (χ4n) is 2.90. The predicted octanol–water partition coefficient (Wildman–Crippen LogP) is 1.96. The third kappa shape index (κ3) is 3.46. The van der Waals surface area contributed by atoms with E-state index in [0.717, 1.165) is 11.3 Å². The van der Waals surface area contributed by atoms with Gasteiger partial charge in [-0.25, -0.2) is 0 Å². The van der Waals surface area contributed by atoms with Gasteiger partial charge >= 0.3 is 0 Å². The quantitative estimate of drug-likeness (QED) is 0.907. The molecule has 1 aromatic carbocycles. The molecule has 2 N–H and O–H groups in total. The topological polar surface area (TPSA) is 63.5 Å². The van der Waals surface area contributed by atoms with E-state index in [0.29, 0.717) is 31.7 Å². The van der Waals surface area contributed by atoms with Gasteiger partial charge in [-0.05, 0) is 17.7 Å². The van der Waals surface area contributed by atoms with E-state index < -0.39 is 5.60 Å². The standard InChI is InChI=1S/C18H22N2O3/c1-20-15(14-5-3-2-4-6-14)7-8-16(20)17(21)19-13-18(22)9-11-23-12-10-18/h2-8,22H,9-13H2,1H3,(H,19,21). The molecule has 0 bridgehead atoms. The van der Waals surface area contributed by atoms with Crippen LogP contribution in [0.5, 0.6) is 0 Å². The molecule has 1 saturated heterocycles. The molecule has 1 fully saturated rings. The van der Waals surface area contributed by atoms with Crippen LogP contribution in [0.25, 0.3) is 11.3 Å². The molecule has 0 atom stereocenters. The first-order valence-electron chi connectivity index (χ1n) is 7.89. The van der Waals surface area contributed by atoms with E-state index in [9.17, 15) is 9.90 Å². The van der Waals surface area contributed by atoms with Gasteiger partial charge in [0.1, 0.15) is 5.69 Å². The van der Waals surface area contributed by atoms with E-state index in [1.807, 2.05) is 54.1 Å². The molecule has 5 heteroatoms. The Morgan fingerprint density at radius 3 is 2.61 bits per heavy atom. The summed E-state index contributed by atoms with van der Waals surface area (Å²) < 4.78 is 7.12.